The summed E-state index contributed by atoms with van der Waals surface area (Å²) in [5.41, 5.74) is 5.75. The topological polar surface area (TPSA) is 64.8 Å². The lowest BCUT2D eigenvalue weighted by atomic mass is 10.1. The van der Waals surface area contributed by atoms with Gasteiger partial charge in [0.15, 0.2) is 0 Å². The fraction of sp³-hybridized carbons (Fsp3) is 0.889. The third-order valence-electron chi connectivity index (χ3n) is 2.49. The average Bonchev–Trinajstić information content (AvgIpc) is 2.27. The first kappa shape index (κ1) is 11.4. The van der Waals surface area contributed by atoms with Gasteiger partial charge in [-0.25, -0.2) is 0 Å². The molecule has 0 spiro atoms. The quantitative estimate of drug-likeness (QED) is 0.651. The van der Waals surface area contributed by atoms with E-state index in [4.69, 9.17) is 15.2 Å². The maximum Gasteiger partial charge on any atom is 0.242 e. The molecule has 0 saturated carbocycles. The van der Waals surface area contributed by atoms with Crippen molar-refractivity contribution in [2.75, 3.05) is 33.4 Å². The summed E-state index contributed by atoms with van der Waals surface area (Å²) in [6.45, 7) is 4.24. The van der Waals surface area contributed by atoms with Crippen molar-refractivity contribution in [1.82, 2.24) is 4.90 Å². The number of ether oxygens (including phenoxy) is 2. The van der Waals surface area contributed by atoms with Crippen LogP contribution in [0.3, 0.4) is 0 Å². The third-order valence-corrected chi connectivity index (χ3v) is 2.49. The lowest BCUT2D eigenvalue weighted by molar-refractivity contribution is -0.139. The average molecular weight is 202 g/mol. The van der Waals surface area contributed by atoms with Gasteiger partial charge in [-0.05, 0) is 6.92 Å². The predicted octanol–water partition coefficient (Wildman–Crippen LogP) is -0.793. The summed E-state index contributed by atoms with van der Waals surface area (Å²) in [7, 11) is 1.55. The summed E-state index contributed by atoms with van der Waals surface area (Å²) >= 11 is 0. The molecule has 0 aromatic carbocycles. The highest BCUT2D eigenvalue weighted by molar-refractivity contribution is 5.82. The number of nitrogens with two attached hydrogens (primary N) is 1. The molecule has 2 atom stereocenters. The summed E-state index contributed by atoms with van der Waals surface area (Å²) in [5.74, 6) is -0.0531. The number of carbonyl (C=O) groups is 1. The summed E-state index contributed by atoms with van der Waals surface area (Å²) in [6, 6.07) is -0.571. The van der Waals surface area contributed by atoms with Crippen LogP contribution in [0.2, 0.25) is 0 Å². The van der Waals surface area contributed by atoms with Gasteiger partial charge in [-0.1, -0.05) is 0 Å². The van der Waals surface area contributed by atoms with E-state index >= 15 is 0 Å². The van der Waals surface area contributed by atoms with Crippen LogP contribution in [0.15, 0.2) is 0 Å². The van der Waals surface area contributed by atoms with Gasteiger partial charge in [-0.15, -0.1) is 0 Å². The summed E-state index contributed by atoms with van der Waals surface area (Å²) in [4.78, 5) is 13.5. The number of morpholine rings is 1. The largest absolute Gasteiger partial charge is 0.380 e. The molecule has 1 fully saturated rings. The Morgan fingerprint density at radius 2 is 2.07 bits per heavy atom. The van der Waals surface area contributed by atoms with Crippen molar-refractivity contribution in [3.05, 3.63) is 0 Å². The Bertz CT molecular complexity index is 188. The molecule has 5 heteroatoms. The molecule has 0 radical (unpaired) electrons. The SMILES string of the molecule is CO[C@H](C)C(N)C(=O)N1CCOCC1. The van der Waals surface area contributed by atoms with Crippen molar-refractivity contribution in [2.45, 2.75) is 19.1 Å². The summed E-state index contributed by atoms with van der Waals surface area (Å²) in [6.07, 6.45) is -0.245. The van der Waals surface area contributed by atoms with E-state index in [-0.39, 0.29) is 12.0 Å². The lowest BCUT2D eigenvalue weighted by Crippen LogP contribution is -2.52. The highest BCUT2D eigenvalue weighted by Gasteiger charge is 2.26. The van der Waals surface area contributed by atoms with Gasteiger partial charge in [0, 0.05) is 20.2 Å². The normalized spacial score (nSPS) is 21.8. The molecule has 1 heterocycles. The molecule has 0 aromatic rings. The van der Waals surface area contributed by atoms with Gasteiger partial charge < -0.3 is 20.1 Å². The van der Waals surface area contributed by atoms with Crippen molar-refractivity contribution in [3.63, 3.8) is 0 Å². The number of hydrogen-bond donors (Lipinski definition) is 1. The molecular weight excluding hydrogens is 184 g/mol. The molecule has 1 unspecified atom stereocenters. The summed E-state index contributed by atoms with van der Waals surface area (Å²) < 4.78 is 10.2. The molecule has 1 aliphatic rings. The van der Waals surface area contributed by atoms with Gasteiger partial charge in [0.1, 0.15) is 6.04 Å². The fourth-order valence-corrected chi connectivity index (χ4v) is 1.34. The molecule has 5 nitrogen and oxygen atoms in total. The van der Waals surface area contributed by atoms with E-state index in [2.05, 4.69) is 0 Å². The van der Waals surface area contributed by atoms with Crippen LogP contribution in [0.4, 0.5) is 0 Å². The van der Waals surface area contributed by atoms with Crippen LogP contribution in [0.1, 0.15) is 6.92 Å². The van der Waals surface area contributed by atoms with Gasteiger partial charge >= 0.3 is 0 Å². The number of rotatable bonds is 3. The lowest BCUT2D eigenvalue weighted by Gasteiger charge is -2.30. The molecule has 2 N–H and O–H groups in total. The first-order chi connectivity index (χ1) is 6.66. The second-order valence-corrected chi connectivity index (χ2v) is 3.40. The summed E-state index contributed by atoms with van der Waals surface area (Å²) in [5, 5.41) is 0. The van der Waals surface area contributed by atoms with E-state index in [0.29, 0.717) is 26.3 Å². The second-order valence-electron chi connectivity index (χ2n) is 3.40. The maximum absolute atomic E-state index is 11.8. The van der Waals surface area contributed by atoms with Gasteiger partial charge in [0.05, 0.1) is 19.3 Å². The van der Waals surface area contributed by atoms with E-state index in [1.54, 1.807) is 18.9 Å². The van der Waals surface area contributed by atoms with Crippen molar-refractivity contribution in [1.29, 1.82) is 0 Å². The molecule has 0 aromatic heterocycles. The Labute approximate surface area is 84.1 Å². The number of methoxy groups -OCH3 is 1. The van der Waals surface area contributed by atoms with Crippen LogP contribution in [-0.4, -0.2) is 56.4 Å². The number of nitrogens with zero attached hydrogens (tertiary/aromatic N) is 1. The van der Waals surface area contributed by atoms with E-state index in [1.165, 1.54) is 0 Å². The van der Waals surface area contributed by atoms with E-state index in [1.807, 2.05) is 0 Å². The van der Waals surface area contributed by atoms with Crippen LogP contribution in [0.25, 0.3) is 0 Å². The van der Waals surface area contributed by atoms with Crippen LogP contribution >= 0.6 is 0 Å². The van der Waals surface area contributed by atoms with E-state index < -0.39 is 6.04 Å². The standard InChI is InChI=1S/C9H18N2O3/c1-7(13-2)8(10)9(12)11-3-5-14-6-4-11/h7-8H,3-6,10H2,1-2H3/t7-,8?/m1/s1. The number of carbonyl (C=O) groups excluding carboxylic acids is 1. The minimum atomic E-state index is -0.571. The Morgan fingerprint density at radius 3 is 2.57 bits per heavy atom. The highest BCUT2D eigenvalue weighted by atomic mass is 16.5. The van der Waals surface area contributed by atoms with Gasteiger partial charge in [-0.3, -0.25) is 4.79 Å². The van der Waals surface area contributed by atoms with Gasteiger partial charge in [0.25, 0.3) is 0 Å². The van der Waals surface area contributed by atoms with E-state index in [9.17, 15) is 4.79 Å². The molecule has 0 aliphatic carbocycles. The Hall–Kier alpha value is -0.650. The molecular formula is C9H18N2O3. The molecule has 0 bridgehead atoms. The molecule has 1 rings (SSSR count). The second kappa shape index (κ2) is 5.29. The molecule has 1 saturated heterocycles. The zero-order valence-corrected chi connectivity index (χ0v) is 8.73. The number of hydrogen-bond acceptors (Lipinski definition) is 4. The van der Waals surface area contributed by atoms with Crippen LogP contribution in [0.5, 0.6) is 0 Å². The third kappa shape index (κ3) is 2.67. The Balaban J connectivity index is 2.46. The Kier molecular flexibility index (Phi) is 4.31. The van der Waals surface area contributed by atoms with Crippen molar-refractivity contribution in [2.24, 2.45) is 5.73 Å². The molecule has 1 amide bonds. The molecule has 1 aliphatic heterocycles. The number of amides is 1. The minimum Gasteiger partial charge on any atom is -0.380 e. The molecule has 82 valence electrons. The van der Waals surface area contributed by atoms with Crippen LogP contribution in [0, 0.1) is 0 Å². The highest BCUT2D eigenvalue weighted by Crippen LogP contribution is 2.03. The maximum atomic E-state index is 11.8. The monoisotopic (exact) mass is 202 g/mol. The Morgan fingerprint density at radius 1 is 1.50 bits per heavy atom. The van der Waals surface area contributed by atoms with Crippen molar-refractivity contribution >= 4 is 5.91 Å². The van der Waals surface area contributed by atoms with Gasteiger partial charge in [-0.2, -0.15) is 0 Å². The zero-order valence-electron chi connectivity index (χ0n) is 8.73. The first-order valence-corrected chi connectivity index (χ1v) is 4.81. The fourth-order valence-electron chi connectivity index (χ4n) is 1.34. The molecule has 14 heavy (non-hydrogen) atoms. The first-order valence-electron chi connectivity index (χ1n) is 4.81. The zero-order chi connectivity index (χ0) is 10.6. The van der Waals surface area contributed by atoms with Crippen molar-refractivity contribution in [3.8, 4) is 0 Å². The van der Waals surface area contributed by atoms with Crippen molar-refractivity contribution < 1.29 is 14.3 Å². The van der Waals surface area contributed by atoms with E-state index in [0.717, 1.165) is 0 Å². The van der Waals surface area contributed by atoms with Crippen LogP contribution < -0.4 is 5.73 Å². The van der Waals surface area contributed by atoms with Gasteiger partial charge in [0.2, 0.25) is 5.91 Å². The van der Waals surface area contributed by atoms with Crippen LogP contribution in [-0.2, 0) is 14.3 Å². The predicted molar refractivity (Wildman–Crippen MR) is 51.8 cm³/mol. The minimum absolute atomic E-state index is 0.0531. The smallest absolute Gasteiger partial charge is 0.242 e.